The maximum atomic E-state index is 12.9. The lowest BCUT2D eigenvalue weighted by Gasteiger charge is -2.17. The van der Waals surface area contributed by atoms with E-state index in [1.165, 1.54) is 12.3 Å². The van der Waals surface area contributed by atoms with Crippen LogP contribution in [0.1, 0.15) is 25.1 Å². The maximum absolute atomic E-state index is 12.9. The topological polar surface area (TPSA) is 37.8 Å². The molecule has 0 aromatic carbocycles. The van der Waals surface area contributed by atoms with Gasteiger partial charge in [-0.2, -0.15) is 0 Å². The predicted molar refractivity (Wildman–Crippen MR) is 77.8 cm³/mol. The molecule has 2 heterocycles. The van der Waals surface area contributed by atoms with Crippen molar-refractivity contribution in [2.75, 3.05) is 5.32 Å². The van der Waals surface area contributed by atoms with Crippen LogP contribution in [-0.2, 0) is 0 Å². The number of rotatable bonds is 4. The molecule has 100 valence electrons. The number of hydrogen-bond donors (Lipinski definition) is 1. The molecular weight excluding hydrogens is 333 g/mol. The van der Waals surface area contributed by atoms with Crippen LogP contribution in [0.3, 0.4) is 0 Å². The van der Waals surface area contributed by atoms with E-state index in [1.54, 1.807) is 12.3 Å². The molecule has 0 saturated carbocycles. The minimum atomic E-state index is -0.338. The summed E-state index contributed by atoms with van der Waals surface area (Å²) >= 11 is 9.17. The molecule has 19 heavy (non-hydrogen) atoms. The van der Waals surface area contributed by atoms with Crippen molar-refractivity contribution in [2.24, 2.45) is 0 Å². The molecule has 0 radical (unpaired) electrons. The molecule has 0 saturated heterocycles. The van der Waals surface area contributed by atoms with Gasteiger partial charge in [-0.3, -0.25) is 4.98 Å². The van der Waals surface area contributed by atoms with Crippen molar-refractivity contribution in [2.45, 2.75) is 19.4 Å². The lowest BCUT2D eigenvalue weighted by molar-refractivity contribution is 0.614. The van der Waals surface area contributed by atoms with E-state index in [1.807, 2.05) is 13.0 Å². The number of aromatic nitrogens is 2. The third-order valence-corrected chi connectivity index (χ3v) is 3.79. The molecule has 2 rings (SSSR count). The van der Waals surface area contributed by atoms with Crippen LogP contribution >= 0.6 is 27.5 Å². The Morgan fingerprint density at radius 2 is 2.16 bits per heavy atom. The molecule has 1 N–H and O–H groups in total. The van der Waals surface area contributed by atoms with Crippen LogP contribution in [0.25, 0.3) is 0 Å². The second-order valence-corrected chi connectivity index (χ2v) is 5.22. The molecule has 1 atom stereocenters. The zero-order chi connectivity index (χ0) is 13.8. The lowest BCUT2D eigenvalue weighted by atomic mass is 10.1. The smallest absolute Gasteiger partial charge is 0.143 e. The van der Waals surface area contributed by atoms with Gasteiger partial charge in [-0.1, -0.05) is 18.5 Å². The van der Waals surface area contributed by atoms with E-state index in [-0.39, 0.29) is 11.9 Å². The highest BCUT2D eigenvalue weighted by atomic mass is 79.9. The van der Waals surface area contributed by atoms with E-state index in [4.69, 9.17) is 11.6 Å². The van der Waals surface area contributed by atoms with Crippen molar-refractivity contribution in [3.05, 3.63) is 51.7 Å². The summed E-state index contributed by atoms with van der Waals surface area (Å²) in [6.07, 6.45) is 3.69. The Morgan fingerprint density at radius 1 is 1.37 bits per heavy atom. The van der Waals surface area contributed by atoms with Crippen LogP contribution in [0.4, 0.5) is 10.1 Å². The van der Waals surface area contributed by atoms with E-state index < -0.39 is 0 Å². The van der Waals surface area contributed by atoms with Gasteiger partial charge in [-0.25, -0.2) is 9.37 Å². The first-order valence-corrected chi connectivity index (χ1v) is 6.96. The van der Waals surface area contributed by atoms with Crippen LogP contribution in [-0.4, -0.2) is 9.97 Å². The molecule has 1 unspecified atom stereocenters. The van der Waals surface area contributed by atoms with Crippen LogP contribution in [0.5, 0.6) is 0 Å². The summed E-state index contributed by atoms with van der Waals surface area (Å²) in [5, 5.41) is 3.71. The van der Waals surface area contributed by atoms with Crippen LogP contribution in [0, 0.1) is 5.82 Å². The number of nitrogens with one attached hydrogen (secondary N) is 1. The SMILES string of the molecule is CCC(Nc1cnc(Cl)c(Br)c1)c1ccc(F)cn1. The molecule has 0 amide bonds. The zero-order valence-electron chi connectivity index (χ0n) is 10.2. The van der Waals surface area contributed by atoms with E-state index in [0.29, 0.717) is 5.15 Å². The Kier molecular flexibility index (Phi) is 4.71. The van der Waals surface area contributed by atoms with Crippen molar-refractivity contribution in [3.63, 3.8) is 0 Å². The second kappa shape index (κ2) is 6.30. The van der Waals surface area contributed by atoms with Gasteiger partial charge in [-0.15, -0.1) is 0 Å². The van der Waals surface area contributed by atoms with Crippen LogP contribution in [0.2, 0.25) is 5.15 Å². The van der Waals surface area contributed by atoms with E-state index >= 15 is 0 Å². The van der Waals surface area contributed by atoms with E-state index in [9.17, 15) is 4.39 Å². The van der Waals surface area contributed by atoms with Gasteiger partial charge >= 0.3 is 0 Å². The molecule has 0 fully saturated rings. The molecule has 0 bridgehead atoms. The molecule has 0 aliphatic rings. The summed E-state index contributed by atoms with van der Waals surface area (Å²) in [6, 6.07) is 4.93. The molecule has 3 nitrogen and oxygen atoms in total. The Morgan fingerprint density at radius 3 is 2.74 bits per heavy atom. The first-order chi connectivity index (χ1) is 9.10. The predicted octanol–water partition coefficient (Wildman–Crippen LogP) is 4.59. The lowest BCUT2D eigenvalue weighted by Crippen LogP contribution is -2.11. The summed E-state index contributed by atoms with van der Waals surface area (Å²) < 4.78 is 13.6. The quantitative estimate of drug-likeness (QED) is 0.824. The van der Waals surface area contributed by atoms with E-state index in [0.717, 1.165) is 22.3 Å². The molecule has 2 aromatic rings. The van der Waals surface area contributed by atoms with Gasteiger partial charge in [0.2, 0.25) is 0 Å². The van der Waals surface area contributed by atoms with Crippen molar-refractivity contribution in [3.8, 4) is 0 Å². The maximum Gasteiger partial charge on any atom is 0.143 e. The summed E-state index contributed by atoms with van der Waals surface area (Å²) in [4.78, 5) is 8.14. The molecule has 6 heteroatoms. The molecule has 0 aliphatic heterocycles. The number of anilines is 1. The molecule has 0 aliphatic carbocycles. The monoisotopic (exact) mass is 343 g/mol. The number of pyridine rings is 2. The average Bonchev–Trinajstić information content (AvgIpc) is 2.41. The highest BCUT2D eigenvalue weighted by Crippen LogP contribution is 2.26. The van der Waals surface area contributed by atoms with Gasteiger partial charge in [0, 0.05) is 0 Å². The third kappa shape index (κ3) is 3.64. The minimum absolute atomic E-state index is 0.00419. The Bertz CT molecular complexity index is 562. The van der Waals surface area contributed by atoms with Gasteiger partial charge in [0.05, 0.1) is 34.3 Å². The summed E-state index contributed by atoms with van der Waals surface area (Å²) in [5.74, 6) is -0.338. The molecule has 0 spiro atoms. The zero-order valence-corrected chi connectivity index (χ0v) is 12.5. The Balaban J connectivity index is 2.18. The fourth-order valence-electron chi connectivity index (χ4n) is 1.68. The van der Waals surface area contributed by atoms with Gasteiger partial charge in [-0.05, 0) is 40.5 Å². The summed E-state index contributed by atoms with van der Waals surface area (Å²) in [6.45, 7) is 2.03. The first kappa shape index (κ1) is 14.2. The van der Waals surface area contributed by atoms with Crippen molar-refractivity contribution in [1.82, 2.24) is 9.97 Å². The highest BCUT2D eigenvalue weighted by molar-refractivity contribution is 9.10. The summed E-state index contributed by atoms with van der Waals surface area (Å²) in [7, 11) is 0. The normalized spacial score (nSPS) is 12.2. The van der Waals surface area contributed by atoms with Crippen molar-refractivity contribution in [1.29, 1.82) is 0 Å². The largest absolute Gasteiger partial charge is 0.375 e. The van der Waals surface area contributed by atoms with Gasteiger partial charge in [0.1, 0.15) is 11.0 Å². The first-order valence-electron chi connectivity index (χ1n) is 5.79. The number of hydrogen-bond acceptors (Lipinski definition) is 3. The van der Waals surface area contributed by atoms with Crippen LogP contribution in [0.15, 0.2) is 35.1 Å². The van der Waals surface area contributed by atoms with Gasteiger partial charge in [0.15, 0.2) is 0 Å². The second-order valence-electron chi connectivity index (χ2n) is 4.00. The van der Waals surface area contributed by atoms with Crippen molar-refractivity contribution < 1.29 is 4.39 Å². The summed E-state index contributed by atoms with van der Waals surface area (Å²) in [5.41, 5.74) is 1.62. The Labute approximate surface area is 124 Å². The fourth-order valence-corrected chi connectivity index (χ4v) is 2.13. The average molecular weight is 345 g/mol. The minimum Gasteiger partial charge on any atom is -0.375 e. The van der Waals surface area contributed by atoms with Crippen molar-refractivity contribution >= 4 is 33.2 Å². The highest BCUT2D eigenvalue weighted by Gasteiger charge is 2.11. The van der Waals surface area contributed by atoms with Crippen LogP contribution < -0.4 is 5.32 Å². The number of nitrogens with zero attached hydrogens (tertiary/aromatic N) is 2. The third-order valence-electron chi connectivity index (χ3n) is 2.65. The van der Waals surface area contributed by atoms with Gasteiger partial charge in [0.25, 0.3) is 0 Å². The fraction of sp³-hybridized carbons (Fsp3) is 0.231. The Hall–Kier alpha value is -1.20. The standard InChI is InChI=1S/C13H12BrClFN3/c1-2-11(12-4-3-8(16)6-17-12)19-9-5-10(14)13(15)18-7-9/h3-7,11,19H,2H2,1H3. The van der Waals surface area contributed by atoms with Gasteiger partial charge < -0.3 is 5.32 Å². The van der Waals surface area contributed by atoms with E-state index in [2.05, 4.69) is 31.2 Å². The number of halogens is 3. The molecular formula is C13H12BrClFN3. The molecule has 2 aromatic heterocycles.